The molecular weight excluding hydrogens is 346 g/mol. The molecule has 28 heavy (non-hydrogen) atoms. The van der Waals surface area contributed by atoms with Crippen LogP contribution >= 0.6 is 0 Å². The van der Waals surface area contributed by atoms with E-state index in [0.29, 0.717) is 5.56 Å². The molecule has 4 rings (SSSR count). The van der Waals surface area contributed by atoms with Gasteiger partial charge in [0.2, 0.25) is 0 Å². The molecule has 0 atom stereocenters. The Morgan fingerprint density at radius 1 is 0.821 bits per heavy atom. The van der Waals surface area contributed by atoms with E-state index in [-0.39, 0.29) is 11.9 Å². The summed E-state index contributed by atoms with van der Waals surface area (Å²) < 4.78 is 1.79. The molecule has 0 fully saturated rings. The Bertz CT molecular complexity index is 1020. The highest BCUT2D eigenvalue weighted by molar-refractivity contribution is 5.95. The lowest BCUT2D eigenvalue weighted by molar-refractivity contribution is 0.0942. The molecule has 0 aliphatic carbocycles. The van der Waals surface area contributed by atoms with Gasteiger partial charge in [-0.05, 0) is 30.2 Å². The lowest BCUT2D eigenvalue weighted by Crippen LogP contribution is -2.29. The molecule has 0 bridgehead atoms. The van der Waals surface area contributed by atoms with Crippen LogP contribution in [0.2, 0.25) is 0 Å². The first-order valence-electron chi connectivity index (χ1n) is 9.25. The highest BCUT2D eigenvalue weighted by atomic mass is 16.1. The summed E-state index contributed by atoms with van der Waals surface area (Å²) >= 11 is 0. The second-order valence-corrected chi connectivity index (χ2v) is 6.62. The summed E-state index contributed by atoms with van der Waals surface area (Å²) in [6.07, 6.45) is 1.63. The van der Waals surface area contributed by atoms with Crippen molar-refractivity contribution >= 4 is 5.91 Å². The van der Waals surface area contributed by atoms with E-state index >= 15 is 0 Å². The zero-order valence-electron chi connectivity index (χ0n) is 15.6. The average molecular weight is 367 g/mol. The van der Waals surface area contributed by atoms with Gasteiger partial charge in [-0.3, -0.25) is 4.79 Å². The van der Waals surface area contributed by atoms with Crippen LogP contribution in [-0.2, 0) is 0 Å². The highest BCUT2D eigenvalue weighted by Crippen LogP contribution is 2.23. The molecule has 0 saturated heterocycles. The topological polar surface area (TPSA) is 46.9 Å². The van der Waals surface area contributed by atoms with Crippen molar-refractivity contribution < 1.29 is 4.79 Å². The lowest BCUT2D eigenvalue weighted by Gasteiger charge is -2.20. The summed E-state index contributed by atoms with van der Waals surface area (Å²) in [5.74, 6) is -0.141. The van der Waals surface area contributed by atoms with Gasteiger partial charge in [0.05, 0.1) is 29.2 Å². The zero-order chi connectivity index (χ0) is 19.3. The van der Waals surface area contributed by atoms with E-state index in [0.717, 1.165) is 22.5 Å². The van der Waals surface area contributed by atoms with Gasteiger partial charge in [0.1, 0.15) is 0 Å². The van der Waals surface area contributed by atoms with E-state index in [1.54, 1.807) is 10.9 Å². The van der Waals surface area contributed by atoms with Gasteiger partial charge < -0.3 is 5.32 Å². The van der Waals surface area contributed by atoms with Crippen LogP contribution in [0.15, 0.2) is 97.2 Å². The van der Waals surface area contributed by atoms with Crippen molar-refractivity contribution in [2.24, 2.45) is 0 Å². The predicted molar refractivity (Wildman–Crippen MR) is 110 cm³/mol. The van der Waals surface area contributed by atoms with Crippen LogP contribution in [-0.4, -0.2) is 15.7 Å². The highest BCUT2D eigenvalue weighted by Gasteiger charge is 2.21. The largest absolute Gasteiger partial charge is 0.341 e. The molecule has 1 aromatic heterocycles. The average Bonchev–Trinajstić information content (AvgIpc) is 3.15. The Morgan fingerprint density at radius 3 is 1.86 bits per heavy atom. The first-order valence-corrected chi connectivity index (χ1v) is 9.25. The summed E-state index contributed by atoms with van der Waals surface area (Å²) in [6, 6.07) is 29.6. The number of rotatable bonds is 5. The normalized spacial score (nSPS) is 10.8. The summed E-state index contributed by atoms with van der Waals surface area (Å²) in [5, 5.41) is 7.59. The fourth-order valence-electron chi connectivity index (χ4n) is 3.32. The smallest absolute Gasteiger partial charge is 0.255 e. The van der Waals surface area contributed by atoms with Crippen LogP contribution in [0.25, 0.3) is 5.69 Å². The number of nitrogens with zero attached hydrogens (tertiary/aromatic N) is 2. The van der Waals surface area contributed by atoms with E-state index in [9.17, 15) is 4.79 Å². The molecule has 3 aromatic carbocycles. The minimum atomic E-state index is -0.227. The predicted octanol–water partition coefficient (Wildman–Crippen LogP) is 4.70. The second kappa shape index (κ2) is 7.92. The molecule has 0 unspecified atom stereocenters. The van der Waals surface area contributed by atoms with Gasteiger partial charge in [-0.15, -0.1) is 0 Å². The van der Waals surface area contributed by atoms with Gasteiger partial charge in [0.15, 0.2) is 0 Å². The van der Waals surface area contributed by atoms with Gasteiger partial charge in [-0.1, -0.05) is 78.9 Å². The molecule has 4 nitrogen and oxygen atoms in total. The first-order chi connectivity index (χ1) is 13.7. The first kappa shape index (κ1) is 17.7. The van der Waals surface area contributed by atoms with Crippen LogP contribution in [0, 0.1) is 6.92 Å². The molecule has 0 spiro atoms. The van der Waals surface area contributed by atoms with E-state index < -0.39 is 0 Å². The summed E-state index contributed by atoms with van der Waals surface area (Å²) in [5.41, 5.74) is 4.39. The van der Waals surface area contributed by atoms with Gasteiger partial charge >= 0.3 is 0 Å². The van der Waals surface area contributed by atoms with Crippen LogP contribution in [0.5, 0.6) is 0 Å². The van der Waals surface area contributed by atoms with Crippen LogP contribution < -0.4 is 5.32 Å². The standard InChI is InChI=1S/C24H21N3O/c1-18-22(17-25-27(18)21-15-9-4-10-16-21)24(28)26-23(19-11-5-2-6-12-19)20-13-7-3-8-14-20/h2-17,23H,1H3,(H,26,28). The van der Waals surface area contributed by atoms with Gasteiger partial charge in [-0.25, -0.2) is 4.68 Å². The van der Waals surface area contributed by atoms with Gasteiger partial charge in [0.25, 0.3) is 5.91 Å². The third-order valence-corrected chi connectivity index (χ3v) is 4.80. The molecule has 0 saturated carbocycles. The summed E-state index contributed by atoms with van der Waals surface area (Å²) in [7, 11) is 0. The number of aromatic nitrogens is 2. The lowest BCUT2D eigenvalue weighted by atomic mass is 9.98. The van der Waals surface area contributed by atoms with Crippen LogP contribution in [0.4, 0.5) is 0 Å². The van der Waals surface area contributed by atoms with Crippen molar-refractivity contribution in [2.45, 2.75) is 13.0 Å². The Morgan fingerprint density at radius 2 is 1.32 bits per heavy atom. The van der Waals surface area contributed by atoms with Crippen molar-refractivity contribution in [1.82, 2.24) is 15.1 Å². The number of hydrogen-bond acceptors (Lipinski definition) is 2. The Kier molecular flexibility index (Phi) is 5.02. The maximum atomic E-state index is 13.1. The van der Waals surface area contributed by atoms with Crippen molar-refractivity contribution in [3.05, 3.63) is 120 Å². The third-order valence-electron chi connectivity index (χ3n) is 4.80. The minimum Gasteiger partial charge on any atom is -0.341 e. The Labute approximate surface area is 164 Å². The number of nitrogens with one attached hydrogen (secondary N) is 1. The number of para-hydroxylation sites is 1. The summed E-state index contributed by atoms with van der Waals surface area (Å²) in [6.45, 7) is 1.91. The van der Waals surface area contributed by atoms with E-state index in [1.165, 1.54) is 0 Å². The SMILES string of the molecule is Cc1c(C(=O)NC(c2ccccc2)c2ccccc2)cnn1-c1ccccc1. The number of hydrogen-bond donors (Lipinski definition) is 1. The number of carbonyl (C=O) groups is 1. The monoisotopic (exact) mass is 367 g/mol. The number of amides is 1. The van der Waals surface area contributed by atoms with Crippen molar-refractivity contribution in [3.63, 3.8) is 0 Å². The molecule has 1 heterocycles. The van der Waals surface area contributed by atoms with Crippen LogP contribution in [0.1, 0.15) is 33.2 Å². The van der Waals surface area contributed by atoms with Crippen LogP contribution in [0.3, 0.4) is 0 Å². The third kappa shape index (κ3) is 3.58. The molecule has 138 valence electrons. The number of carbonyl (C=O) groups excluding carboxylic acids is 1. The fraction of sp³-hybridized carbons (Fsp3) is 0.0833. The van der Waals surface area contributed by atoms with Gasteiger partial charge in [0, 0.05) is 0 Å². The molecular formula is C24H21N3O. The number of benzene rings is 3. The van der Waals surface area contributed by atoms with Crippen molar-refractivity contribution in [3.8, 4) is 5.69 Å². The molecule has 0 aliphatic heterocycles. The zero-order valence-corrected chi connectivity index (χ0v) is 15.6. The quantitative estimate of drug-likeness (QED) is 0.556. The van der Waals surface area contributed by atoms with Crippen molar-refractivity contribution in [1.29, 1.82) is 0 Å². The molecule has 4 heteroatoms. The van der Waals surface area contributed by atoms with Gasteiger partial charge in [-0.2, -0.15) is 5.10 Å². The summed E-state index contributed by atoms with van der Waals surface area (Å²) in [4.78, 5) is 13.1. The molecule has 1 N–H and O–H groups in total. The van der Waals surface area contributed by atoms with E-state index in [2.05, 4.69) is 10.4 Å². The maximum Gasteiger partial charge on any atom is 0.255 e. The van der Waals surface area contributed by atoms with E-state index in [4.69, 9.17) is 0 Å². The van der Waals surface area contributed by atoms with Crippen molar-refractivity contribution in [2.75, 3.05) is 0 Å². The van der Waals surface area contributed by atoms with E-state index in [1.807, 2.05) is 97.9 Å². The molecule has 1 amide bonds. The molecule has 4 aromatic rings. The minimum absolute atomic E-state index is 0.141. The Balaban J connectivity index is 1.65. The Hall–Kier alpha value is -3.66. The fourth-order valence-corrected chi connectivity index (χ4v) is 3.32. The second-order valence-electron chi connectivity index (χ2n) is 6.62. The molecule has 0 aliphatic rings. The maximum absolute atomic E-state index is 13.1. The molecule has 0 radical (unpaired) electrons.